The number of carbonyl (C=O) groups excluding carboxylic acids is 2. The molecule has 154 valence electrons. The lowest BCUT2D eigenvalue weighted by molar-refractivity contribution is -0.131. The van der Waals surface area contributed by atoms with E-state index < -0.39 is 0 Å². The van der Waals surface area contributed by atoms with Gasteiger partial charge in [0, 0.05) is 32.7 Å². The summed E-state index contributed by atoms with van der Waals surface area (Å²) >= 11 is 0. The zero-order valence-corrected chi connectivity index (χ0v) is 17.7. The van der Waals surface area contributed by atoms with E-state index in [1.165, 1.54) is 22.3 Å². The van der Waals surface area contributed by atoms with Crippen molar-refractivity contribution in [1.29, 1.82) is 0 Å². The van der Waals surface area contributed by atoms with Crippen molar-refractivity contribution in [3.8, 4) is 0 Å². The van der Waals surface area contributed by atoms with Crippen LogP contribution in [0, 0.1) is 20.8 Å². The van der Waals surface area contributed by atoms with Crippen molar-refractivity contribution in [2.75, 3.05) is 32.7 Å². The van der Waals surface area contributed by atoms with Crippen LogP contribution in [0.4, 0.5) is 4.79 Å². The van der Waals surface area contributed by atoms with Crippen LogP contribution < -0.4 is 5.32 Å². The summed E-state index contributed by atoms with van der Waals surface area (Å²) in [6.07, 6.45) is 1.25. The fourth-order valence-corrected chi connectivity index (χ4v) is 3.69. The minimum absolute atomic E-state index is 0.0413. The SMILES string of the molecule is Cc1ccc(CC(=O)N2CCN(C(=O)NCCc3ccc(C)cc3C)CC2)cc1. The van der Waals surface area contributed by atoms with Gasteiger partial charge in [0.2, 0.25) is 5.91 Å². The molecule has 0 atom stereocenters. The first-order chi connectivity index (χ1) is 13.9. The zero-order chi connectivity index (χ0) is 20.8. The maximum Gasteiger partial charge on any atom is 0.317 e. The first-order valence-electron chi connectivity index (χ1n) is 10.3. The van der Waals surface area contributed by atoms with Crippen LogP contribution in [0.2, 0.25) is 0 Å². The van der Waals surface area contributed by atoms with Crippen LogP contribution in [0.15, 0.2) is 42.5 Å². The zero-order valence-electron chi connectivity index (χ0n) is 17.7. The van der Waals surface area contributed by atoms with E-state index in [4.69, 9.17) is 0 Å². The Labute approximate surface area is 173 Å². The molecule has 3 amide bonds. The van der Waals surface area contributed by atoms with Gasteiger partial charge in [-0.3, -0.25) is 4.79 Å². The van der Waals surface area contributed by atoms with Crippen molar-refractivity contribution in [1.82, 2.24) is 15.1 Å². The minimum Gasteiger partial charge on any atom is -0.339 e. The predicted molar refractivity (Wildman–Crippen MR) is 116 cm³/mol. The van der Waals surface area contributed by atoms with Crippen molar-refractivity contribution in [3.63, 3.8) is 0 Å². The lowest BCUT2D eigenvalue weighted by Crippen LogP contribution is -2.53. The summed E-state index contributed by atoms with van der Waals surface area (Å²) in [4.78, 5) is 28.6. The molecular weight excluding hydrogens is 362 g/mol. The third-order valence-electron chi connectivity index (χ3n) is 5.56. The normalized spacial score (nSPS) is 14.0. The first-order valence-corrected chi connectivity index (χ1v) is 10.3. The van der Waals surface area contributed by atoms with E-state index in [0.717, 1.165) is 12.0 Å². The Bertz CT molecular complexity index is 853. The van der Waals surface area contributed by atoms with Crippen LogP contribution in [0.5, 0.6) is 0 Å². The van der Waals surface area contributed by atoms with E-state index in [1.54, 1.807) is 4.90 Å². The monoisotopic (exact) mass is 393 g/mol. The Balaban J connectivity index is 1.40. The molecule has 1 fully saturated rings. The van der Waals surface area contributed by atoms with Gasteiger partial charge in [-0.25, -0.2) is 4.79 Å². The van der Waals surface area contributed by atoms with Gasteiger partial charge in [-0.1, -0.05) is 53.6 Å². The number of aryl methyl sites for hydroxylation is 3. The van der Waals surface area contributed by atoms with E-state index in [0.29, 0.717) is 39.1 Å². The molecule has 0 radical (unpaired) electrons. The number of amides is 3. The van der Waals surface area contributed by atoms with Crippen LogP contribution in [0.25, 0.3) is 0 Å². The number of nitrogens with zero attached hydrogens (tertiary/aromatic N) is 2. The molecule has 0 spiro atoms. The Hall–Kier alpha value is -2.82. The fourth-order valence-electron chi connectivity index (χ4n) is 3.69. The van der Waals surface area contributed by atoms with Gasteiger partial charge in [-0.15, -0.1) is 0 Å². The summed E-state index contributed by atoms with van der Waals surface area (Å²) in [7, 11) is 0. The summed E-state index contributed by atoms with van der Waals surface area (Å²) in [5.41, 5.74) is 6.01. The number of benzene rings is 2. The number of carbonyl (C=O) groups is 2. The molecule has 2 aromatic carbocycles. The van der Waals surface area contributed by atoms with E-state index in [2.05, 4.69) is 37.4 Å². The second-order valence-electron chi connectivity index (χ2n) is 7.94. The lowest BCUT2D eigenvalue weighted by Gasteiger charge is -2.34. The molecule has 3 rings (SSSR count). The summed E-state index contributed by atoms with van der Waals surface area (Å²) < 4.78 is 0. The number of urea groups is 1. The molecule has 1 N–H and O–H groups in total. The highest BCUT2D eigenvalue weighted by molar-refractivity contribution is 5.79. The largest absolute Gasteiger partial charge is 0.339 e. The average molecular weight is 394 g/mol. The molecule has 1 aliphatic heterocycles. The maximum absolute atomic E-state index is 12.5. The topological polar surface area (TPSA) is 52.7 Å². The smallest absolute Gasteiger partial charge is 0.317 e. The standard InChI is InChI=1S/C24H31N3O2/c1-18-4-7-21(8-5-18)17-23(28)26-12-14-27(15-13-26)24(29)25-11-10-22-9-6-19(2)16-20(22)3/h4-9,16H,10-15,17H2,1-3H3,(H,25,29). The minimum atomic E-state index is -0.0413. The Morgan fingerprint density at radius 3 is 2.14 bits per heavy atom. The molecule has 5 nitrogen and oxygen atoms in total. The number of hydrogen-bond acceptors (Lipinski definition) is 2. The Kier molecular flexibility index (Phi) is 6.91. The second-order valence-corrected chi connectivity index (χ2v) is 7.94. The summed E-state index contributed by atoms with van der Waals surface area (Å²) in [6.45, 7) is 9.20. The second kappa shape index (κ2) is 9.59. The van der Waals surface area contributed by atoms with Gasteiger partial charge in [0.25, 0.3) is 0 Å². The molecule has 0 unspecified atom stereocenters. The highest BCUT2D eigenvalue weighted by Crippen LogP contribution is 2.11. The van der Waals surface area contributed by atoms with Crippen LogP contribution in [-0.2, 0) is 17.6 Å². The number of nitrogens with one attached hydrogen (secondary N) is 1. The van der Waals surface area contributed by atoms with Crippen molar-refractivity contribution < 1.29 is 9.59 Å². The highest BCUT2D eigenvalue weighted by atomic mass is 16.2. The Morgan fingerprint density at radius 1 is 0.862 bits per heavy atom. The average Bonchev–Trinajstić information content (AvgIpc) is 2.71. The molecule has 29 heavy (non-hydrogen) atoms. The molecule has 0 saturated carbocycles. The molecule has 1 heterocycles. The molecule has 0 aromatic heterocycles. The van der Waals surface area contributed by atoms with Gasteiger partial charge < -0.3 is 15.1 Å². The molecule has 1 aliphatic rings. The van der Waals surface area contributed by atoms with Crippen LogP contribution in [0.3, 0.4) is 0 Å². The third-order valence-corrected chi connectivity index (χ3v) is 5.56. The molecular formula is C24H31N3O2. The van der Waals surface area contributed by atoms with Crippen molar-refractivity contribution in [2.45, 2.75) is 33.6 Å². The van der Waals surface area contributed by atoms with Crippen LogP contribution >= 0.6 is 0 Å². The highest BCUT2D eigenvalue weighted by Gasteiger charge is 2.23. The van der Waals surface area contributed by atoms with Gasteiger partial charge in [0.15, 0.2) is 0 Å². The summed E-state index contributed by atoms with van der Waals surface area (Å²) in [5, 5.41) is 3.02. The summed E-state index contributed by atoms with van der Waals surface area (Å²) in [5.74, 6) is 0.128. The van der Waals surface area contributed by atoms with Gasteiger partial charge in [-0.2, -0.15) is 0 Å². The Morgan fingerprint density at radius 2 is 1.48 bits per heavy atom. The number of piperazine rings is 1. The molecule has 0 bridgehead atoms. The number of hydrogen-bond donors (Lipinski definition) is 1. The quantitative estimate of drug-likeness (QED) is 0.848. The van der Waals surface area contributed by atoms with E-state index in [9.17, 15) is 9.59 Å². The van der Waals surface area contributed by atoms with Crippen molar-refractivity contribution in [3.05, 3.63) is 70.3 Å². The lowest BCUT2D eigenvalue weighted by atomic mass is 10.0. The third kappa shape index (κ3) is 5.83. The van der Waals surface area contributed by atoms with Crippen LogP contribution in [0.1, 0.15) is 27.8 Å². The number of rotatable bonds is 5. The van der Waals surface area contributed by atoms with E-state index >= 15 is 0 Å². The molecule has 2 aromatic rings. The van der Waals surface area contributed by atoms with Gasteiger partial charge in [0.05, 0.1) is 6.42 Å². The van der Waals surface area contributed by atoms with E-state index in [1.807, 2.05) is 36.1 Å². The van der Waals surface area contributed by atoms with Gasteiger partial charge in [0.1, 0.15) is 0 Å². The first kappa shape index (κ1) is 20.9. The molecule has 0 aliphatic carbocycles. The molecule has 5 heteroatoms. The van der Waals surface area contributed by atoms with Crippen molar-refractivity contribution in [2.24, 2.45) is 0 Å². The summed E-state index contributed by atoms with van der Waals surface area (Å²) in [6, 6.07) is 14.4. The van der Waals surface area contributed by atoms with Crippen LogP contribution in [-0.4, -0.2) is 54.5 Å². The predicted octanol–water partition coefficient (Wildman–Crippen LogP) is 3.25. The van der Waals surface area contributed by atoms with Gasteiger partial charge in [-0.05, 0) is 43.9 Å². The fraction of sp³-hybridized carbons (Fsp3) is 0.417. The van der Waals surface area contributed by atoms with Gasteiger partial charge >= 0.3 is 6.03 Å². The van der Waals surface area contributed by atoms with Crippen molar-refractivity contribution >= 4 is 11.9 Å². The molecule has 1 saturated heterocycles. The van der Waals surface area contributed by atoms with E-state index in [-0.39, 0.29) is 11.9 Å². The maximum atomic E-state index is 12.5.